The minimum atomic E-state index is -0.538. The summed E-state index contributed by atoms with van der Waals surface area (Å²) in [5.74, 6) is -0.841. The molecule has 0 amide bonds. The van der Waals surface area contributed by atoms with Crippen LogP contribution in [0.4, 0.5) is 0 Å². The second kappa shape index (κ2) is 5.30. The molecule has 84 valence electrons. The highest BCUT2D eigenvalue weighted by molar-refractivity contribution is 9.09. The van der Waals surface area contributed by atoms with E-state index in [1.807, 2.05) is 0 Å². The van der Waals surface area contributed by atoms with Crippen LogP contribution in [0.1, 0.15) is 19.8 Å². The molecule has 0 heterocycles. The zero-order valence-corrected chi connectivity index (χ0v) is 10.2. The van der Waals surface area contributed by atoms with E-state index in [1.54, 1.807) is 6.08 Å². The molecule has 2 atom stereocenters. The van der Waals surface area contributed by atoms with Gasteiger partial charge >= 0.3 is 11.9 Å². The molecule has 0 radical (unpaired) electrons. The lowest BCUT2D eigenvalue weighted by atomic mass is 9.96. The van der Waals surface area contributed by atoms with Crippen molar-refractivity contribution in [3.8, 4) is 0 Å². The minimum Gasteiger partial charge on any atom is -0.466 e. The van der Waals surface area contributed by atoms with Crippen LogP contribution in [-0.4, -0.2) is 30.0 Å². The number of methoxy groups -OCH3 is 1. The predicted molar refractivity (Wildman–Crippen MR) is 57.6 cm³/mol. The number of carbonyl (C=O) groups is 2. The van der Waals surface area contributed by atoms with Crippen molar-refractivity contribution in [2.45, 2.75) is 30.7 Å². The molecule has 0 fully saturated rings. The number of hydrogen-bond acceptors (Lipinski definition) is 4. The van der Waals surface area contributed by atoms with Crippen molar-refractivity contribution in [2.24, 2.45) is 0 Å². The fraction of sp³-hybridized carbons (Fsp3) is 0.600. The lowest BCUT2D eigenvalue weighted by Gasteiger charge is -2.26. The first-order valence-electron chi connectivity index (χ1n) is 4.66. The second-order valence-electron chi connectivity index (χ2n) is 3.27. The molecule has 0 aliphatic heterocycles. The van der Waals surface area contributed by atoms with Crippen molar-refractivity contribution in [3.05, 3.63) is 11.6 Å². The summed E-state index contributed by atoms with van der Waals surface area (Å²) in [6.07, 6.45) is 2.83. The van der Waals surface area contributed by atoms with E-state index in [2.05, 4.69) is 20.7 Å². The first-order chi connectivity index (χ1) is 7.06. The Morgan fingerprint density at radius 2 is 2.20 bits per heavy atom. The zero-order chi connectivity index (χ0) is 11.4. The van der Waals surface area contributed by atoms with Gasteiger partial charge in [-0.1, -0.05) is 22.0 Å². The topological polar surface area (TPSA) is 52.6 Å². The van der Waals surface area contributed by atoms with E-state index in [9.17, 15) is 9.59 Å². The van der Waals surface area contributed by atoms with Crippen molar-refractivity contribution < 1.29 is 19.1 Å². The summed E-state index contributed by atoms with van der Waals surface area (Å²) in [5, 5.41) is 0. The maximum atomic E-state index is 11.4. The number of hydrogen-bond donors (Lipinski definition) is 0. The minimum absolute atomic E-state index is 0.0273. The number of carbonyl (C=O) groups excluding carboxylic acids is 2. The van der Waals surface area contributed by atoms with Gasteiger partial charge in [0.1, 0.15) is 6.10 Å². The highest BCUT2D eigenvalue weighted by Gasteiger charge is 2.33. The number of rotatable bonds is 2. The van der Waals surface area contributed by atoms with E-state index >= 15 is 0 Å². The molecule has 15 heavy (non-hydrogen) atoms. The third-order valence-corrected chi connectivity index (χ3v) is 3.09. The van der Waals surface area contributed by atoms with Crippen LogP contribution in [0.5, 0.6) is 0 Å². The molecule has 0 spiro atoms. The molecule has 1 aliphatic carbocycles. The molecule has 5 heteroatoms. The molecule has 1 aliphatic rings. The number of esters is 2. The predicted octanol–water partition coefficient (Wildman–Crippen LogP) is 1.57. The van der Waals surface area contributed by atoms with E-state index in [0.29, 0.717) is 5.57 Å². The summed E-state index contributed by atoms with van der Waals surface area (Å²) >= 11 is 3.40. The van der Waals surface area contributed by atoms with Crippen LogP contribution in [0.3, 0.4) is 0 Å². The van der Waals surface area contributed by atoms with Gasteiger partial charge in [0.2, 0.25) is 0 Å². The monoisotopic (exact) mass is 276 g/mol. The largest absolute Gasteiger partial charge is 0.466 e. The highest BCUT2D eigenvalue weighted by Crippen LogP contribution is 2.28. The van der Waals surface area contributed by atoms with Crippen LogP contribution in [-0.2, 0) is 19.1 Å². The molecular weight excluding hydrogens is 264 g/mol. The van der Waals surface area contributed by atoms with Crippen LogP contribution in [0.15, 0.2) is 11.6 Å². The van der Waals surface area contributed by atoms with Crippen molar-refractivity contribution in [1.29, 1.82) is 0 Å². The van der Waals surface area contributed by atoms with Crippen LogP contribution < -0.4 is 0 Å². The number of alkyl halides is 1. The summed E-state index contributed by atoms with van der Waals surface area (Å²) in [7, 11) is 1.31. The Kier molecular flexibility index (Phi) is 4.32. The Hall–Kier alpha value is -0.840. The van der Waals surface area contributed by atoms with Crippen molar-refractivity contribution in [3.63, 3.8) is 0 Å². The van der Waals surface area contributed by atoms with Crippen LogP contribution >= 0.6 is 15.9 Å². The standard InChI is InChI=1S/C10H13BrO4/c1-6(12)15-9-7(10(13)14-2)4-3-5-8(9)11/h4,8-9H,3,5H2,1-2H3/t8-,9-/m0/s1. The van der Waals surface area contributed by atoms with Crippen molar-refractivity contribution >= 4 is 27.9 Å². The molecule has 0 saturated carbocycles. The van der Waals surface area contributed by atoms with E-state index in [1.165, 1.54) is 14.0 Å². The summed E-state index contributed by atoms with van der Waals surface area (Å²) < 4.78 is 9.71. The zero-order valence-electron chi connectivity index (χ0n) is 8.66. The molecule has 0 N–H and O–H groups in total. The maximum Gasteiger partial charge on any atom is 0.337 e. The molecule has 0 aromatic carbocycles. The molecular formula is C10H13BrO4. The van der Waals surface area contributed by atoms with Gasteiger partial charge in [0.25, 0.3) is 0 Å². The third-order valence-electron chi connectivity index (χ3n) is 2.16. The van der Waals surface area contributed by atoms with Gasteiger partial charge in [-0.05, 0) is 12.8 Å². The summed E-state index contributed by atoms with van der Waals surface area (Å²) in [5.41, 5.74) is 0.417. The number of allylic oxidation sites excluding steroid dienone is 1. The molecule has 4 nitrogen and oxygen atoms in total. The second-order valence-corrected chi connectivity index (χ2v) is 4.45. The summed E-state index contributed by atoms with van der Waals surface area (Å²) in [6, 6.07) is 0. The molecule has 0 aromatic rings. The average molecular weight is 277 g/mol. The Balaban J connectivity index is 2.84. The fourth-order valence-electron chi connectivity index (χ4n) is 1.49. The van der Waals surface area contributed by atoms with Gasteiger partial charge in [-0.25, -0.2) is 4.79 Å². The summed E-state index contributed by atoms with van der Waals surface area (Å²) in [4.78, 5) is 22.3. The quantitative estimate of drug-likeness (QED) is 0.568. The van der Waals surface area contributed by atoms with Crippen LogP contribution in [0.2, 0.25) is 0 Å². The van der Waals surface area contributed by atoms with Gasteiger partial charge in [-0.15, -0.1) is 0 Å². The van der Waals surface area contributed by atoms with Crippen molar-refractivity contribution in [2.75, 3.05) is 7.11 Å². The Morgan fingerprint density at radius 1 is 1.53 bits per heavy atom. The lowest BCUT2D eigenvalue weighted by Crippen LogP contribution is -2.34. The first kappa shape index (κ1) is 12.2. The van der Waals surface area contributed by atoms with E-state index in [0.717, 1.165) is 12.8 Å². The molecule has 0 saturated heterocycles. The lowest BCUT2D eigenvalue weighted by molar-refractivity contribution is -0.147. The Labute approximate surface area is 96.7 Å². The van der Waals surface area contributed by atoms with Gasteiger partial charge < -0.3 is 9.47 Å². The van der Waals surface area contributed by atoms with Crippen LogP contribution in [0, 0.1) is 0 Å². The van der Waals surface area contributed by atoms with Gasteiger partial charge in [0, 0.05) is 6.92 Å². The van der Waals surface area contributed by atoms with Gasteiger partial charge in [0.15, 0.2) is 0 Å². The average Bonchev–Trinajstić information content (AvgIpc) is 2.19. The van der Waals surface area contributed by atoms with E-state index in [4.69, 9.17) is 4.74 Å². The Morgan fingerprint density at radius 3 is 2.73 bits per heavy atom. The first-order valence-corrected chi connectivity index (χ1v) is 5.57. The third kappa shape index (κ3) is 3.06. The number of ether oxygens (including phenoxy) is 2. The molecule has 0 bridgehead atoms. The Bertz CT molecular complexity index is 298. The summed E-state index contributed by atoms with van der Waals surface area (Å²) in [6.45, 7) is 1.32. The van der Waals surface area contributed by atoms with Gasteiger partial charge in [0.05, 0.1) is 17.5 Å². The molecule has 0 aromatic heterocycles. The maximum absolute atomic E-state index is 11.4. The van der Waals surface area contributed by atoms with Gasteiger partial charge in [-0.3, -0.25) is 4.79 Å². The highest BCUT2D eigenvalue weighted by atomic mass is 79.9. The van der Waals surface area contributed by atoms with Crippen LogP contribution in [0.25, 0.3) is 0 Å². The van der Waals surface area contributed by atoms with E-state index < -0.39 is 18.0 Å². The van der Waals surface area contributed by atoms with E-state index in [-0.39, 0.29) is 4.83 Å². The van der Waals surface area contributed by atoms with Crippen molar-refractivity contribution in [1.82, 2.24) is 0 Å². The number of halogens is 1. The SMILES string of the molecule is COC(=O)C1=CCC[C@H](Br)[C@H]1OC(C)=O. The molecule has 1 rings (SSSR count). The normalized spacial score (nSPS) is 25.4. The molecule has 0 unspecified atom stereocenters. The van der Waals surface area contributed by atoms with Gasteiger partial charge in [-0.2, -0.15) is 0 Å². The fourth-order valence-corrected chi connectivity index (χ4v) is 2.15. The smallest absolute Gasteiger partial charge is 0.337 e.